The fourth-order valence-corrected chi connectivity index (χ4v) is 2.98. The summed E-state index contributed by atoms with van der Waals surface area (Å²) in [6.45, 7) is 0. The summed E-state index contributed by atoms with van der Waals surface area (Å²) >= 11 is 3.48. The Balaban J connectivity index is 1.82. The molecule has 3 nitrogen and oxygen atoms in total. The highest BCUT2D eigenvalue weighted by Crippen LogP contribution is 2.31. The number of hydrogen-bond acceptors (Lipinski definition) is 3. The molecule has 0 saturated carbocycles. The van der Waals surface area contributed by atoms with Gasteiger partial charge in [-0.1, -0.05) is 82.7 Å². The van der Waals surface area contributed by atoms with Gasteiger partial charge >= 0.3 is 0 Å². The molecule has 0 bridgehead atoms. The summed E-state index contributed by atoms with van der Waals surface area (Å²) in [6.07, 6.45) is 1.57. The minimum atomic E-state index is 0.673. The van der Waals surface area contributed by atoms with Gasteiger partial charge in [0.25, 0.3) is 0 Å². The average molecular weight is 388 g/mol. The Bertz CT molecular complexity index is 999. The van der Waals surface area contributed by atoms with Crippen molar-refractivity contribution in [3.8, 4) is 33.9 Å². The average Bonchev–Trinajstić information content (AvgIpc) is 2.69. The van der Waals surface area contributed by atoms with Crippen LogP contribution in [-0.4, -0.2) is 15.0 Å². The van der Waals surface area contributed by atoms with Crippen LogP contribution in [0.15, 0.2) is 89.7 Å². The Kier molecular flexibility index (Phi) is 4.36. The van der Waals surface area contributed by atoms with Crippen LogP contribution in [0.5, 0.6) is 0 Å². The van der Waals surface area contributed by atoms with Gasteiger partial charge in [0.2, 0.25) is 0 Å². The van der Waals surface area contributed by atoms with Crippen LogP contribution in [0.1, 0.15) is 0 Å². The van der Waals surface area contributed by atoms with E-state index in [1.807, 2.05) is 60.7 Å². The van der Waals surface area contributed by atoms with Gasteiger partial charge in [-0.25, -0.2) is 15.0 Å². The van der Waals surface area contributed by atoms with Crippen molar-refractivity contribution >= 4 is 15.9 Å². The van der Waals surface area contributed by atoms with E-state index >= 15 is 0 Å². The van der Waals surface area contributed by atoms with Crippen molar-refractivity contribution in [1.82, 2.24) is 15.0 Å². The van der Waals surface area contributed by atoms with E-state index in [0.29, 0.717) is 11.6 Å². The molecule has 0 radical (unpaired) electrons. The van der Waals surface area contributed by atoms with Crippen molar-refractivity contribution < 1.29 is 0 Å². The molecule has 1 heterocycles. The molecule has 120 valence electrons. The van der Waals surface area contributed by atoms with Crippen molar-refractivity contribution in [2.24, 2.45) is 0 Å². The summed E-state index contributed by atoms with van der Waals surface area (Å²) in [7, 11) is 0. The van der Waals surface area contributed by atoms with Crippen LogP contribution >= 0.6 is 15.9 Å². The highest BCUT2D eigenvalue weighted by atomic mass is 79.9. The van der Waals surface area contributed by atoms with Crippen molar-refractivity contribution in [2.75, 3.05) is 0 Å². The molecule has 0 fully saturated rings. The maximum absolute atomic E-state index is 4.69. The molecule has 0 aliphatic carbocycles. The molecular formula is C21H14BrN3. The van der Waals surface area contributed by atoms with Crippen molar-refractivity contribution in [3.05, 3.63) is 89.7 Å². The molecule has 0 saturated heterocycles. The predicted octanol–water partition coefficient (Wildman–Crippen LogP) is 5.64. The van der Waals surface area contributed by atoms with E-state index in [1.165, 1.54) is 0 Å². The molecule has 0 amide bonds. The van der Waals surface area contributed by atoms with Crippen LogP contribution in [0.25, 0.3) is 33.9 Å². The topological polar surface area (TPSA) is 38.7 Å². The number of halogens is 1. The molecule has 3 aromatic carbocycles. The van der Waals surface area contributed by atoms with Crippen LogP contribution in [0.2, 0.25) is 0 Å². The highest BCUT2D eigenvalue weighted by Gasteiger charge is 2.11. The third-order valence-corrected chi connectivity index (χ3v) is 4.46. The minimum Gasteiger partial charge on any atom is -0.217 e. The Labute approximate surface area is 154 Å². The lowest BCUT2D eigenvalue weighted by Gasteiger charge is -2.09. The molecule has 0 N–H and O–H groups in total. The second kappa shape index (κ2) is 6.95. The Hall–Kier alpha value is -2.85. The van der Waals surface area contributed by atoms with E-state index in [0.717, 1.165) is 26.7 Å². The number of benzene rings is 3. The third kappa shape index (κ3) is 3.35. The first-order valence-electron chi connectivity index (χ1n) is 7.91. The van der Waals surface area contributed by atoms with Gasteiger partial charge in [0.1, 0.15) is 6.33 Å². The highest BCUT2D eigenvalue weighted by molar-refractivity contribution is 9.10. The Morgan fingerprint density at radius 3 is 1.96 bits per heavy atom. The van der Waals surface area contributed by atoms with Gasteiger partial charge in [0, 0.05) is 15.6 Å². The molecule has 4 aromatic rings. The summed E-state index contributed by atoms with van der Waals surface area (Å²) in [4.78, 5) is 13.4. The number of aromatic nitrogens is 3. The normalized spacial score (nSPS) is 10.6. The van der Waals surface area contributed by atoms with Crippen LogP contribution < -0.4 is 0 Å². The molecule has 4 heteroatoms. The van der Waals surface area contributed by atoms with Crippen LogP contribution in [0, 0.1) is 0 Å². The van der Waals surface area contributed by atoms with Crippen LogP contribution in [0.3, 0.4) is 0 Å². The maximum Gasteiger partial charge on any atom is 0.163 e. The zero-order valence-electron chi connectivity index (χ0n) is 13.3. The lowest BCUT2D eigenvalue weighted by Crippen LogP contribution is -1.96. The quantitative estimate of drug-likeness (QED) is 0.456. The predicted molar refractivity (Wildman–Crippen MR) is 104 cm³/mol. The molecule has 0 spiro atoms. The van der Waals surface area contributed by atoms with Gasteiger partial charge in [0.15, 0.2) is 11.6 Å². The monoisotopic (exact) mass is 387 g/mol. The SMILES string of the molecule is Brc1ccc(-c2ccccc2-c2ncnc(-c3ccccc3)n2)cc1. The van der Waals surface area contributed by atoms with Gasteiger partial charge < -0.3 is 0 Å². The largest absolute Gasteiger partial charge is 0.217 e. The smallest absolute Gasteiger partial charge is 0.163 e. The Morgan fingerprint density at radius 2 is 1.20 bits per heavy atom. The molecule has 0 atom stereocenters. The van der Waals surface area contributed by atoms with Crippen molar-refractivity contribution in [2.45, 2.75) is 0 Å². The third-order valence-electron chi connectivity index (χ3n) is 3.93. The molecule has 4 rings (SSSR count). The first kappa shape index (κ1) is 15.7. The summed E-state index contributed by atoms with van der Waals surface area (Å²) in [5.74, 6) is 1.35. The summed E-state index contributed by atoms with van der Waals surface area (Å²) < 4.78 is 1.06. The minimum absolute atomic E-state index is 0.673. The molecular weight excluding hydrogens is 374 g/mol. The van der Waals surface area contributed by atoms with Crippen LogP contribution in [-0.2, 0) is 0 Å². The molecule has 0 aliphatic rings. The number of hydrogen-bond donors (Lipinski definition) is 0. The lowest BCUT2D eigenvalue weighted by molar-refractivity contribution is 1.07. The zero-order chi connectivity index (χ0) is 17.1. The number of nitrogens with zero attached hydrogens (tertiary/aromatic N) is 3. The van der Waals surface area contributed by atoms with Gasteiger partial charge in [-0.2, -0.15) is 0 Å². The standard InChI is InChI=1S/C21H14BrN3/c22-17-12-10-15(11-13-17)18-8-4-5-9-19(18)21-24-14-23-20(25-21)16-6-2-1-3-7-16/h1-14H. The maximum atomic E-state index is 4.69. The van der Waals surface area contributed by atoms with Crippen molar-refractivity contribution in [1.29, 1.82) is 0 Å². The second-order valence-corrected chi connectivity index (χ2v) is 6.47. The Morgan fingerprint density at radius 1 is 0.560 bits per heavy atom. The number of rotatable bonds is 3. The van der Waals surface area contributed by atoms with Crippen LogP contribution in [0.4, 0.5) is 0 Å². The van der Waals surface area contributed by atoms with E-state index in [1.54, 1.807) is 6.33 Å². The van der Waals surface area contributed by atoms with Gasteiger partial charge in [-0.3, -0.25) is 0 Å². The molecule has 25 heavy (non-hydrogen) atoms. The van der Waals surface area contributed by atoms with E-state index < -0.39 is 0 Å². The fraction of sp³-hybridized carbons (Fsp3) is 0. The lowest BCUT2D eigenvalue weighted by atomic mass is 9.99. The first-order chi connectivity index (χ1) is 12.3. The zero-order valence-corrected chi connectivity index (χ0v) is 14.9. The molecule has 0 aliphatic heterocycles. The van der Waals surface area contributed by atoms with Gasteiger partial charge in [0.05, 0.1) is 0 Å². The van der Waals surface area contributed by atoms with E-state index in [-0.39, 0.29) is 0 Å². The fourth-order valence-electron chi connectivity index (χ4n) is 2.71. The molecule has 1 aromatic heterocycles. The summed E-state index contributed by atoms with van der Waals surface area (Å²) in [6, 6.07) is 26.3. The first-order valence-corrected chi connectivity index (χ1v) is 8.70. The van der Waals surface area contributed by atoms with E-state index in [2.05, 4.69) is 49.1 Å². The second-order valence-electron chi connectivity index (χ2n) is 5.55. The molecule has 0 unspecified atom stereocenters. The van der Waals surface area contributed by atoms with Crippen molar-refractivity contribution in [3.63, 3.8) is 0 Å². The summed E-state index contributed by atoms with van der Waals surface area (Å²) in [5, 5.41) is 0. The summed E-state index contributed by atoms with van der Waals surface area (Å²) in [5.41, 5.74) is 4.19. The van der Waals surface area contributed by atoms with E-state index in [4.69, 9.17) is 0 Å². The van der Waals surface area contributed by atoms with Gasteiger partial charge in [-0.05, 0) is 23.3 Å². The van der Waals surface area contributed by atoms with Gasteiger partial charge in [-0.15, -0.1) is 0 Å². The van der Waals surface area contributed by atoms with E-state index in [9.17, 15) is 0 Å².